The van der Waals surface area contributed by atoms with E-state index < -0.39 is 29.0 Å². The number of hydrogen-bond acceptors (Lipinski definition) is 6. The number of nitrogens with one attached hydrogen (secondary N) is 2. The number of hydrazine groups is 1. The Bertz CT molecular complexity index is 1210. The van der Waals surface area contributed by atoms with Gasteiger partial charge in [-0.3, -0.25) is 25.2 Å². The fourth-order valence-corrected chi connectivity index (χ4v) is 3.11. The van der Waals surface area contributed by atoms with Crippen LogP contribution >= 0.6 is 11.6 Å². The summed E-state index contributed by atoms with van der Waals surface area (Å²) in [5.74, 6) is -0.351. The van der Waals surface area contributed by atoms with Crippen molar-refractivity contribution in [2.45, 2.75) is 26.9 Å². The van der Waals surface area contributed by atoms with E-state index in [4.69, 9.17) is 21.1 Å². The number of halogens is 1. The summed E-state index contributed by atoms with van der Waals surface area (Å²) in [5, 5.41) is 4.53. The van der Waals surface area contributed by atoms with Crippen LogP contribution in [0.1, 0.15) is 30.0 Å². The molecule has 0 fully saturated rings. The van der Waals surface area contributed by atoms with E-state index in [2.05, 4.69) is 16.0 Å². The van der Waals surface area contributed by atoms with Crippen LogP contribution < -0.4 is 25.8 Å². The molecule has 33 heavy (non-hydrogen) atoms. The van der Waals surface area contributed by atoms with Crippen LogP contribution in [0.5, 0.6) is 11.5 Å². The number of aryl methyl sites for hydroxylation is 1. The first-order valence-electron chi connectivity index (χ1n) is 10.2. The van der Waals surface area contributed by atoms with Gasteiger partial charge in [-0.25, -0.2) is 4.68 Å². The van der Waals surface area contributed by atoms with Crippen LogP contribution in [-0.4, -0.2) is 34.3 Å². The fraction of sp³-hybridized carbons (Fsp3) is 0.217. The molecule has 10 heteroatoms. The number of benzene rings is 2. The SMILES string of the molecule is CCOc1ccc(OC(C)C(=O)NNC(=O)c2nn(-c3ccccc3Cl)c(C)cc2=O)cc1. The maximum absolute atomic E-state index is 12.5. The van der Waals surface area contributed by atoms with Gasteiger partial charge in [0.25, 0.3) is 11.8 Å². The number of hydrogen-bond donors (Lipinski definition) is 2. The molecule has 0 aliphatic heterocycles. The predicted octanol–water partition coefficient (Wildman–Crippen LogP) is 2.82. The Kier molecular flexibility index (Phi) is 7.68. The van der Waals surface area contributed by atoms with Crippen LogP contribution in [0.3, 0.4) is 0 Å². The van der Waals surface area contributed by atoms with Crippen LogP contribution in [0.15, 0.2) is 59.4 Å². The van der Waals surface area contributed by atoms with E-state index >= 15 is 0 Å². The summed E-state index contributed by atoms with van der Waals surface area (Å²) in [5.41, 5.74) is 4.44. The molecule has 1 atom stereocenters. The highest BCUT2D eigenvalue weighted by Gasteiger charge is 2.19. The summed E-state index contributed by atoms with van der Waals surface area (Å²) in [7, 11) is 0. The number of nitrogens with zero attached hydrogens (tertiary/aromatic N) is 2. The zero-order valence-corrected chi connectivity index (χ0v) is 19.1. The maximum atomic E-state index is 12.5. The highest BCUT2D eigenvalue weighted by Crippen LogP contribution is 2.20. The van der Waals surface area contributed by atoms with Crippen LogP contribution in [0.4, 0.5) is 0 Å². The Morgan fingerprint density at radius 3 is 2.42 bits per heavy atom. The lowest BCUT2D eigenvalue weighted by molar-refractivity contribution is -0.128. The van der Waals surface area contributed by atoms with Crippen molar-refractivity contribution < 1.29 is 19.1 Å². The van der Waals surface area contributed by atoms with E-state index in [1.807, 2.05) is 6.92 Å². The monoisotopic (exact) mass is 470 g/mol. The van der Waals surface area contributed by atoms with E-state index in [0.29, 0.717) is 34.5 Å². The normalized spacial score (nSPS) is 11.4. The standard InChI is InChI=1S/C23H23ClN4O5/c1-4-32-16-9-11-17(12-10-16)33-15(3)22(30)25-26-23(31)21-20(29)13-14(2)28(27-21)19-8-6-5-7-18(19)24/h5-13,15H,4H2,1-3H3,(H,25,30)(H,26,31). The van der Waals surface area contributed by atoms with E-state index in [-0.39, 0.29) is 0 Å². The van der Waals surface area contributed by atoms with Crippen LogP contribution in [0.2, 0.25) is 5.02 Å². The highest BCUT2D eigenvalue weighted by molar-refractivity contribution is 6.32. The lowest BCUT2D eigenvalue weighted by Crippen LogP contribution is -2.48. The quantitative estimate of drug-likeness (QED) is 0.513. The van der Waals surface area contributed by atoms with Gasteiger partial charge in [-0.15, -0.1) is 0 Å². The maximum Gasteiger partial charge on any atom is 0.294 e. The second kappa shape index (κ2) is 10.6. The minimum Gasteiger partial charge on any atom is -0.494 e. The van der Waals surface area contributed by atoms with Gasteiger partial charge in [0, 0.05) is 11.8 Å². The van der Waals surface area contributed by atoms with Gasteiger partial charge >= 0.3 is 0 Å². The average Bonchev–Trinajstić information content (AvgIpc) is 2.79. The molecule has 3 aromatic rings. The van der Waals surface area contributed by atoms with Crippen molar-refractivity contribution in [2.75, 3.05) is 6.61 Å². The van der Waals surface area contributed by atoms with Gasteiger partial charge in [0.15, 0.2) is 11.8 Å². The molecular weight excluding hydrogens is 448 g/mol. The third kappa shape index (κ3) is 5.89. The smallest absolute Gasteiger partial charge is 0.294 e. The lowest BCUT2D eigenvalue weighted by Gasteiger charge is -2.16. The summed E-state index contributed by atoms with van der Waals surface area (Å²) < 4.78 is 12.3. The zero-order chi connectivity index (χ0) is 24.0. The fourth-order valence-electron chi connectivity index (χ4n) is 2.89. The molecule has 0 saturated carbocycles. The van der Waals surface area contributed by atoms with Gasteiger partial charge in [0.1, 0.15) is 11.5 Å². The molecule has 0 spiro atoms. The van der Waals surface area contributed by atoms with Gasteiger partial charge in [-0.1, -0.05) is 23.7 Å². The summed E-state index contributed by atoms with van der Waals surface area (Å²) >= 11 is 6.21. The third-order valence-electron chi connectivity index (χ3n) is 4.52. The number of para-hydroxylation sites is 1. The molecule has 0 radical (unpaired) electrons. The van der Waals surface area contributed by atoms with E-state index in [0.717, 1.165) is 0 Å². The third-order valence-corrected chi connectivity index (χ3v) is 4.84. The highest BCUT2D eigenvalue weighted by atomic mass is 35.5. The Hall–Kier alpha value is -3.85. The van der Waals surface area contributed by atoms with Crippen molar-refractivity contribution in [1.82, 2.24) is 20.6 Å². The zero-order valence-electron chi connectivity index (χ0n) is 18.3. The van der Waals surface area contributed by atoms with E-state index in [9.17, 15) is 14.4 Å². The number of ether oxygens (including phenoxy) is 2. The summed E-state index contributed by atoms with van der Waals surface area (Å²) in [4.78, 5) is 37.2. The van der Waals surface area contributed by atoms with Gasteiger partial charge in [-0.05, 0) is 57.2 Å². The lowest BCUT2D eigenvalue weighted by atomic mass is 10.2. The van der Waals surface area contributed by atoms with Gasteiger partial charge in [0.2, 0.25) is 5.43 Å². The molecule has 9 nitrogen and oxygen atoms in total. The minimum absolute atomic E-state index is 0.400. The minimum atomic E-state index is -0.922. The molecule has 0 aliphatic carbocycles. The van der Waals surface area contributed by atoms with Crippen molar-refractivity contribution in [2.24, 2.45) is 0 Å². The molecule has 1 unspecified atom stereocenters. The summed E-state index contributed by atoms with van der Waals surface area (Å²) in [6.45, 7) is 5.61. The largest absolute Gasteiger partial charge is 0.494 e. The van der Waals surface area contributed by atoms with E-state index in [1.165, 1.54) is 17.7 Å². The van der Waals surface area contributed by atoms with Crippen molar-refractivity contribution in [3.63, 3.8) is 0 Å². The van der Waals surface area contributed by atoms with Crippen molar-refractivity contribution in [3.05, 3.63) is 81.2 Å². The molecule has 1 heterocycles. The first-order chi connectivity index (χ1) is 15.8. The molecular formula is C23H23ClN4O5. The van der Waals surface area contributed by atoms with Crippen molar-refractivity contribution >= 4 is 23.4 Å². The molecule has 0 aliphatic rings. The second-order valence-corrected chi connectivity index (χ2v) is 7.38. The Balaban J connectivity index is 1.66. The van der Waals surface area contributed by atoms with E-state index in [1.54, 1.807) is 55.5 Å². The molecule has 2 N–H and O–H groups in total. The topological polar surface area (TPSA) is 112 Å². The molecule has 0 saturated heterocycles. The first kappa shape index (κ1) is 23.8. The number of rotatable bonds is 7. The number of amides is 2. The van der Waals surface area contributed by atoms with Crippen LogP contribution in [0, 0.1) is 6.92 Å². The predicted molar refractivity (Wildman–Crippen MR) is 123 cm³/mol. The summed E-state index contributed by atoms with van der Waals surface area (Å²) in [6, 6.07) is 14.9. The molecule has 1 aromatic heterocycles. The molecule has 2 aromatic carbocycles. The van der Waals surface area contributed by atoms with Gasteiger partial charge < -0.3 is 9.47 Å². The van der Waals surface area contributed by atoms with Crippen molar-refractivity contribution in [3.8, 4) is 17.2 Å². The summed E-state index contributed by atoms with van der Waals surface area (Å²) in [6.07, 6.45) is -0.922. The van der Waals surface area contributed by atoms with Gasteiger partial charge in [0.05, 0.1) is 17.3 Å². The molecule has 172 valence electrons. The van der Waals surface area contributed by atoms with Crippen molar-refractivity contribution in [1.29, 1.82) is 0 Å². The number of aromatic nitrogens is 2. The second-order valence-electron chi connectivity index (χ2n) is 6.97. The molecule has 3 rings (SSSR count). The molecule has 2 amide bonds. The Morgan fingerprint density at radius 1 is 1.09 bits per heavy atom. The van der Waals surface area contributed by atoms with Crippen LogP contribution in [-0.2, 0) is 4.79 Å². The molecule has 0 bridgehead atoms. The van der Waals surface area contributed by atoms with Gasteiger partial charge in [-0.2, -0.15) is 5.10 Å². The Labute approximate surface area is 195 Å². The number of carbonyl (C=O) groups excluding carboxylic acids is 2. The Morgan fingerprint density at radius 2 is 1.76 bits per heavy atom. The first-order valence-corrected chi connectivity index (χ1v) is 10.5. The number of carbonyl (C=O) groups is 2. The average molecular weight is 471 g/mol. The van der Waals surface area contributed by atoms with Crippen LogP contribution in [0.25, 0.3) is 5.69 Å².